The van der Waals surface area contributed by atoms with Crippen LogP contribution >= 0.6 is 0 Å². The van der Waals surface area contributed by atoms with Gasteiger partial charge in [-0.1, -0.05) is 0 Å². The first-order valence-corrected chi connectivity index (χ1v) is 8.76. The molecule has 0 amide bonds. The van der Waals surface area contributed by atoms with E-state index in [4.69, 9.17) is 9.47 Å². The Morgan fingerprint density at radius 3 is 2.44 bits per heavy atom. The fourth-order valence-corrected chi connectivity index (χ4v) is 3.71. The van der Waals surface area contributed by atoms with E-state index in [2.05, 4.69) is 15.0 Å². The van der Waals surface area contributed by atoms with Gasteiger partial charge in [-0.15, -0.1) is 0 Å². The van der Waals surface area contributed by atoms with Gasteiger partial charge in [-0.3, -0.25) is 9.97 Å². The second-order valence-electron chi connectivity index (χ2n) is 5.46. The number of hydrogen-bond donors (Lipinski definition) is 1. The quantitative estimate of drug-likeness (QED) is 0.610. The van der Waals surface area contributed by atoms with Crippen molar-refractivity contribution in [3.63, 3.8) is 0 Å². The van der Waals surface area contributed by atoms with E-state index in [1.54, 1.807) is 20.4 Å². The fraction of sp³-hybridized carbons (Fsp3) is 0.294. The Balaban J connectivity index is 0.00000225. The lowest BCUT2D eigenvalue weighted by Crippen LogP contribution is -2.10. The summed E-state index contributed by atoms with van der Waals surface area (Å²) in [5, 5.41) is 0.430. The number of methoxy groups -OCH3 is 2. The monoisotopic (exact) mass is 399 g/mol. The summed E-state index contributed by atoms with van der Waals surface area (Å²) in [6, 6.07) is 5.51. The van der Waals surface area contributed by atoms with Crippen molar-refractivity contribution in [1.29, 1.82) is 0 Å². The Hall–Kier alpha value is -2.37. The van der Waals surface area contributed by atoms with Crippen LogP contribution in [0, 0.1) is 13.8 Å². The smallest absolute Gasteiger partial charge is 0.322 e. The number of nitrogens with one attached hydrogen (secondary N) is 1. The van der Waals surface area contributed by atoms with Crippen molar-refractivity contribution in [2.24, 2.45) is 0 Å². The van der Waals surface area contributed by atoms with Crippen LogP contribution in [-0.2, 0) is 16.9 Å². The molecule has 1 aromatic carbocycles. The van der Waals surface area contributed by atoms with Crippen LogP contribution in [0.15, 0.2) is 29.6 Å². The van der Waals surface area contributed by atoms with Crippen LogP contribution in [-0.4, -0.2) is 50.2 Å². The van der Waals surface area contributed by atoms with Crippen LogP contribution < -0.4 is 9.47 Å². The Kier molecular flexibility index (Phi) is 9.21. The first-order valence-electron chi connectivity index (χ1n) is 7.44. The standard InChI is InChI=1S/C17H19N3O3S.3H2O/c1-10-8-18-15(11(2)16(10)23-4)9-24(21)17-19-13-6-5-12(22-3)7-14(13)20-17;;;/h5-8H,9H2,1-4H3,(H,19,20);3*1H2/t24-;;;/m0.../s1. The normalized spacial score (nSPS) is 11.0. The van der Waals surface area contributed by atoms with Crippen LogP contribution in [0.2, 0.25) is 0 Å². The van der Waals surface area contributed by atoms with E-state index in [-0.39, 0.29) is 22.2 Å². The summed E-state index contributed by atoms with van der Waals surface area (Å²) in [5.74, 6) is 1.78. The van der Waals surface area contributed by atoms with Gasteiger partial charge < -0.3 is 30.5 Å². The Morgan fingerprint density at radius 1 is 1.11 bits per heavy atom. The third-order valence-corrected chi connectivity index (χ3v) is 5.06. The Morgan fingerprint density at radius 2 is 1.81 bits per heavy atom. The predicted molar refractivity (Wildman–Crippen MR) is 104 cm³/mol. The summed E-state index contributed by atoms with van der Waals surface area (Å²) in [6.45, 7) is 3.86. The minimum Gasteiger partial charge on any atom is -0.609 e. The number of nitrogens with zero attached hydrogens (tertiary/aromatic N) is 2. The molecular formula is C17H25N3O6S. The molecule has 150 valence electrons. The molecule has 27 heavy (non-hydrogen) atoms. The van der Waals surface area contributed by atoms with Gasteiger partial charge in [0.05, 0.1) is 30.9 Å². The third-order valence-electron chi connectivity index (χ3n) is 3.90. The first kappa shape index (κ1) is 24.6. The molecule has 0 spiro atoms. The highest BCUT2D eigenvalue weighted by atomic mass is 32.2. The number of imidazole rings is 1. The molecule has 1 atom stereocenters. The maximum Gasteiger partial charge on any atom is 0.322 e. The third kappa shape index (κ3) is 4.87. The zero-order chi connectivity index (χ0) is 17.3. The van der Waals surface area contributed by atoms with Gasteiger partial charge in [-0.05, 0) is 26.0 Å². The van der Waals surface area contributed by atoms with Crippen LogP contribution in [0.5, 0.6) is 11.5 Å². The van der Waals surface area contributed by atoms with Crippen molar-refractivity contribution in [1.82, 2.24) is 15.0 Å². The number of fused-ring (bicyclic) bond motifs is 1. The van der Waals surface area contributed by atoms with Gasteiger partial charge in [-0.2, -0.15) is 4.98 Å². The zero-order valence-corrected chi connectivity index (χ0v) is 16.4. The second kappa shape index (κ2) is 10.1. The summed E-state index contributed by atoms with van der Waals surface area (Å²) in [4.78, 5) is 11.9. The number of benzene rings is 1. The molecule has 0 aliphatic heterocycles. The molecule has 0 fully saturated rings. The number of rotatable bonds is 5. The molecule has 0 aliphatic rings. The summed E-state index contributed by atoms with van der Waals surface area (Å²) in [6.07, 6.45) is 1.74. The van der Waals surface area contributed by atoms with E-state index in [9.17, 15) is 4.55 Å². The van der Waals surface area contributed by atoms with Crippen LogP contribution in [0.3, 0.4) is 0 Å². The van der Waals surface area contributed by atoms with E-state index in [0.29, 0.717) is 10.9 Å². The summed E-state index contributed by atoms with van der Waals surface area (Å²) in [5.41, 5.74) is 4.16. The number of pyridine rings is 1. The summed E-state index contributed by atoms with van der Waals surface area (Å²) in [7, 11) is 3.23. The van der Waals surface area contributed by atoms with Gasteiger partial charge in [0, 0.05) is 34.6 Å². The molecule has 3 rings (SSSR count). The average molecular weight is 399 g/mol. The molecule has 0 saturated heterocycles. The Labute approximate surface area is 159 Å². The van der Waals surface area contributed by atoms with E-state index >= 15 is 0 Å². The molecule has 2 heterocycles. The van der Waals surface area contributed by atoms with E-state index in [0.717, 1.165) is 33.6 Å². The van der Waals surface area contributed by atoms with Gasteiger partial charge in [0.25, 0.3) is 0 Å². The molecule has 0 bridgehead atoms. The van der Waals surface area contributed by atoms with E-state index < -0.39 is 11.2 Å². The molecule has 0 radical (unpaired) electrons. The number of hydrogen-bond acceptors (Lipinski definition) is 5. The molecule has 10 heteroatoms. The number of aryl methyl sites for hydroxylation is 1. The molecule has 3 aromatic rings. The zero-order valence-electron chi connectivity index (χ0n) is 15.5. The average Bonchev–Trinajstić information content (AvgIpc) is 3.01. The minimum atomic E-state index is -1.33. The highest BCUT2D eigenvalue weighted by Crippen LogP contribution is 2.27. The van der Waals surface area contributed by atoms with Gasteiger partial charge in [0.1, 0.15) is 11.5 Å². The van der Waals surface area contributed by atoms with Crippen molar-refractivity contribution in [3.05, 3.63) is 41.2 Å². The fourth-order valence-electron chi connectivity index (χ4n) is 2.61. The lowest BCUT2D eigenvalue weighted by atomic mass is 10.1. The molecule has 0 unspecified atom stereocenters. The maximum absolute atomic E-state index is 12.7. The molecule has 2 aromatic heterocycles. The molecule has 0 saturated carbocycles. The lowest BCUT2D eigenvalue weighted by molar-refractivity contribution is 0.407. The first-order chi connectivity index (χ1) is 11.5. The van der Waals surface area contributed by atoms with Crippen LogP contribution in [0.1, 0.15) is 16.8 Å². The predicted octanol–water partition coefficient (Wildman–Crippen LogP) is 0.426. The largest absolute Gasteiger partial charge is 0.609 e. The summed E-state index contributed by atoms with van der Waals surface area (Å²) >= 11 is -1.33. The van der Waals surface area contributed by atoms with Gasteiger partial charge in [0.2, 0.25) is 0 Å². The number of ether oxygens (including phenoxy) is 2. The van der Waals surface area contributed by atoms with Crippen LogP contribution in [0.4, 0.5) is 0 Å². The van der Waals surface area contributed by atoms with E-state index in [1.165, 1.54) is 0 Å². The van der Waals surface area contributed by atoms with Gasteiger partial charge in [-0.25, -0.2) is 0 Å². The molecular weight excluding hydrogens is 374 g/mol. The summed E-state index contributed by atoms with van der Waals surface area (Å²) < 4.78 is 23.3. The second-order valence-corrected chi connectivity index (χ2v) is 6.83. The van der Waals surface area contributed by atoms with Crippen molar-refractivity contribution >= 4 is 22.2 Å². The molecule has 0 aliphatic carbocycles. The van der Waals surface area contributed by atoms with Crippen LogP contribution in [0.25, 0.3) is 11.0 Å². The number of aromatic amines is 1. The topological polar surface area (TPSA) is 178 Å². The van der Waals surface area contributed by atoms with E-state index in [1.807, 2.05) is 32.0 Å². The highest BCUT2D eigenvalue weighted by molar-refractivity contribution is 7.90. The van der Waals surface area contributed by atoms with Gasteiger partial charge >= 0.3 is 5.16 Å². The highest BCUT2D eigenvalue weighted by Gasteiger charge is 2.21. The van der Waals surface area contributed by atoms with Crippen molar-refractivity contribution in [3.8, 4) is 11.5 Å². The number of H-pyrrole nitrogens is 1. The Bertz CT molecular complexity index is 886. The number of aromatic nitrogens is 3. The van der Waals surface area contributed by atoms with Gasteiger partial charge in [0.15, 0.2) is 5.75 Å². The van der Waals surface area contributed by atoms with Crippen molar-refractivity contribution < 1.29 is 30.5 Å². The lowest BCUT2D eigenvalue weighted by Gasteiger charge is -2.13. The van der Waals surface area contributed by atoms with Crippen molar-refractivity contribution in [2.45, 2.75) is 24.8 Å². The van der Waals surface area contributed by atoms with Crippen molar-refractivity contribution in [2.75, 3.05) is 14.2 Å². The molecule has 9 nitrogen and oxygen atoms in total. The molecule has 7 N–H and O–H groups in total. The minimum absolute atomic E-state index is 0. The SMILES string of the molecule is COc1ccc2[nH]c([S@@+]([O-])Cc3ncc(C)c(OC)c3C)nc2c1.O.O.O. The maximum atomic E-state index is 12.7.